The van der Waals surface area contributed by atoms with Gasteiger partial charge in [0.15, 0.2) is 11.5 Å². The molecule has 0 aromatic heterocycles. The predicted molar refractivity (Wildman–Crippen MR) is 78.7 cm³/mol. The molecule has 0 saturated heterocycles. The van der Waals surface area contributed by atoms with E-state index in [4.69, 9.17) is 31.5 Å². The van der Waals surface area contributed by atoms with Crippen molar-refractivity contribution in [1.82, 2.24) is 5.32 Å². The molecule has 0 saturated carbocycles. The standard InChI is InChI=1S/C14H21ClN2O3/c1-18-6-3-17-12(9-16)10-7-11(15)14-13(8-10)19-4-2-5-20-14/h7-8,12,17H,2-6,9,16H2,1H3. The van der Waals surface area contributed by atoms with Crippen LogP contribution in [0.3, 0.4) is 0 Å². The molecule has 20 heavy (non-hydrogen) atoms. The Morgan fingerprint density at radius 1 is 1.40 bits per heavy atom. The smallest absolute Gasteiger partial charge is 0.179 e. The SMILES string of the molecule is COCCNC(CN)c1cc(Cl)c2c(c1)OCCCO2. The van der Waals surface area contributed by atoms with E-state index in [0.717, 1.165) is 18.5 Å². The molecule has 2 rings (SSSR count). The van der Waals surface area contributed by atoms with Crippen LogP contribution < -0.4 is 20.5 Å². The third-order valence-electron chi connectivity index (χ3n) is 3.16. The monoisotopic (exact) mass is 300 g/mol. The van der Waals surface area contributed by atoms with Crippen molar-refractivity contribution in [3.63, 3.8) is 0 Å². The molecule has 6 heteroatoms. The molecular formula is C14H21ClN2O3. The first kappa shape index (κ1) is 15.4. The minimum Gasteiger partial charge on any atom is -0.489 e. The van der Waals surface area contributed by atoms with Crippen molar-refractivity contribution in [1.29, 1.82) is 0 Å². The van der Waals surface area contributed by atoms with Crippen LogP contribution in [0.5, 0.6) is 11.5 Å². The fourth-order valence-electron chi connectivity index (χ4n) is 2.12. The summed E-state index contributed by atoms with van der Waals surface area (Å²) in [5.74, 6) is 1.32. The van der Waals surface area contributed by atoms with E-state index in [1.807, 2.05) is 12.1 Å². The summed E-state index contributed by atoms with van der Waals surface area (Å²) in [7, 11) is 1.67. The van der Waals surface area contributed by atoms with Gasteiger partial charge in [-0.05, 0) is 17.7 Å². The number of hydrogen-bond acceptors (Lipinski definition) is 5. The van der Waals surface area contributed by atoms with Crippen LogP contribution in [0.15, 0.2) is 12.1 Å². The predicted octanol–water partition coefficient (Wildman–Crippen LogP) is 1.74. The fourth-order valence-corrected chi connectivity index (χ4v) is 2.40. The van der Waals surface area contributed by atoms with E-state index in [-0.39, 0.29) is 6.04 Å². The molecule has 1 atom stereocenters. The number of fused-ring (bicyclic) bond motifs is 1. The minimum absolute atomic E-state index is 0.0137. The molecule has 1 aromatic rings. The zero-order chi connectivity index (χ0) is 14.4. The van der Waals surface area contributed by atoms with Gasteiger partial charge in [-0.15, -0.1) is 0 Å². The molecule has 1 aliphatic heterocycles. The van der Waals surface area contributed by atoms with Gasteiger partial charge in [0.1, 0.15) is 0 Å². The second kappa shape index (κ2) is 7.69. The van der Waals surface area contributed by atoms with Crippen LogP contribution in [-0.4, -0.2) is 40.0 Å². The zero-order valence-corrected chi connectivity index (χ0v) is 12.4. The molecule has 0 bridgehead atoms. The van der Waals surface area contributed by atoms with Gasteiger partial charge >= 0.3 is 0 Å². The summed E-state index contributed by atoms with van der Waals surface area (Å²) in [6.45, 7) is 3.09. The van der Waals surface area contributed by atoms with E-state index < -0.39 is 0 Å². The lowest BCUT2D eigenvalue weighted by atomic mass is 10.1. The van der Waals surface area contributed by atoms with E-state index >= 15 is 0 Å². The van der Waals surface area contributed by atoms with E-state index in [9.17, 15) is 0 Å². The summed E-state index contributed by atoms with van der Waals surface area (Å²) in [4.78, 5) is 0. The van der Waals surface area contributed by atoms with Crippen molar-refractivity contribution in [3.05, 3.63) is 22.7 Å². The molecule has 112 valence electrons. The average Bonchev–Trinajstić information content (AvgIpc) is 2.69. The number of nitrogens with two attached hydrogens (primary N) is 1. The van der Waals surface area contributed by atoms with Crippen LogP contribution in [0.25, 0.3) is 0 Å². The fraction of sp³-hybridized carbons (Fsp3) is 0.571. The molecule has 0 fully saturated rings. The van der Waals surface area contributed by atoms with Crippen molar-refractivity contribution in [2.24, 2.45) is 5.73 Å². The zero-order valence-electron chi connectivity index (χ0n) is 11.7. The van der Waals surface area contributed by atoms with Gasteiger partial charge in [-0.25, -0.2) is 0 Å². The summed E-state index contributed by atoms with van der Waals surface area (Å²) in [5, 5.41) is 3.89. The van der Waals surface area contributed by atoms with Gasteiger partial charge in [0.05, 0.1) is 24.8 Å². The maximum atomic E-state index is 6.28. The second-order valence-corrected chi connectivity index (χ2v) is 5.02. The highest BCUT2D eigenvalue weighted by molar-refractivity contribution is 6.32. The van der Waals surface area contributed by atoms with Crippen molar-refractivity contribution in [3.8, 4) is 11.5 Å². The summed E-state index contributed by atoms with van der Waals surface area (Å²) < 4.78 is 16.3. The van der Waals surface area contributed by atoms with E-state index in [1.54, 1.807) is 7.11 Å². The number of rotatable bonds is 6. The van der Waals surface area contributed by atoms with Gasteiger partial charge in [-0.2, -0.15) is 0 Å². The second-order valence-electron chi connectivity index (χ2n) is 4.62. The van der Waals surface area contributed by atoms with E-state index in [0.29, 0.717) is 42.9 Å². The number of hydrogen-bond donors (Lipinski definition) is 2. The van der Waals surface area contributed by atoms with Gasteiger partial charge in [0.25, 0.3) is 0 Å². The Morgan fingerprint density at radius 3 is 2.95 bits per heavy atom. The van der Waals surface area contributed by atoms with Crippen LogP contribution in [0.2, 0.25) is 5.02 Å². The maximum absolute atomic E-state index is 6.28. The Morgan fingerprint density at radius 2 is 2.20 bits per heavy atom. The molecule has 0 amide bonds. The normalized spacial score (nSPS) is 15.8. The van der Waals surface area contributed by atoms with Crippen molar-refractivity contribution in [2.45, 2.75) is 12.5 Å². The molecule has 1 aromatic carbocycles. The van der Waals surface area contributed by atoms with Crippen LogP contribution in [0.1, 0.15) is 18.0 Å². The minimum atomic E-state index is 0.0137. The molecule has 1 aliphatic rings. The Balaban J connectivity index is 2.18. The number of methoxy groups -OCH3 is 1. The quantitative estimate of drug-likeness (QED) is 0.783. The third-order valence-corrected chi connectivity index (χ3v) is 3.44. The molecule has 5 nitrogen and oxygen atoms in total. The highest BCUT2D eigenvalue weighted by atomic mass is 35.5. The summed E-state index contributed by atoms with van der Waals surface area (Å²) in [6.07, 6.45) is 0.854. The lowest BCUT2D eigenvalue weighted by molar-refractivity contribution is 0.196. The molecule has 3 N–H and O–H groups in total. The van der Waals surface area contributed by atoms with Crippen molar-refractivity contribution >= 4 is 11.6 Å². The van der Waals surface area contributed by atoms with Gasteiger partial charge in [-0.3, -0.25) is 0 Å². The summed E-state index contributed by atoms with van der Waals surface area (Å²) in [6, 6.07) is 3.84. The Hall–Kier alpha value is -1.01. The van der Waals surface area contributed by atoms with Crippen molar-refractivity contribution < 1.29 is 14.2 Å². The molecular weight excluding hydrogens is 280 g/mol. The highest BCUT2D eigenvalue weighted by Crippen LogP contribution is 2.39. The molecule has 1 unspecified atom stereocenters. The van der Waals surface area contributed by atoms with Gasteiger partial charge in [-0.1, -0.05) is 11.6 Å². The molecule has 0 aliphatic carbocycles. The van der Waals surface area contributed by atoms with Crippen LogP contribution in [0.4, 0.5) is 0 Å². The molecule has 1 heterocycles. The first-order valence-electron chi connectivity index (χ1n) is 6.77. The van der Waals surface area contributed by atoms with Crippen LogP contribution in [-0.2, 0) is 4.74 Å². The first-order chi connectivity index (χ1) is 9.76. The Labute approximate surface area is 124 Å². The largest absolute Gasteiger partial charge is 0.489 e. The Kier molecular flexibility index (Phi) is 5.91. The first-order valence-corrected chi connectivity index (χ1v) is 7.15. The average molecular weight is 301 g/mol. The lowest BCUT2D eigenvalue weighted by Gasteiger charge is -2.19. The molecule has 0 spiro atoms. The van der Waals surface area contributed by atoms with Gasteiger partial charge in [0.2, 0.25) is 0 Å². The Bertz CT molecular complexity index is 443. The van der Waals surface area contributed by atoms with E-state index in [1.165, 1.54) is 0 Å². The number of benzene rings is 1. The third kappa shape index (κ3) is 3.76. The maximum Gasteiger partial charge on any atom is 0.179 e. The summed E-state index contributed by atoms with van der Waals surface area (Å²) in [5.41, 5.74) is 6.82. The van der Waals surface area contributed by atoms with E-state index in [2.05, 4.69) is 5.32 Å². The topological polar surface area (TPSA) is 65.7 Å². The lowest BCUT2D eigenvalue weighted by Crippen LogP contribution is -2.30. The van der Waals surface area contributed by atoms with Crippen molar-refractivity contribution in [2.75, 3.05) is 40.0 Å². The molecule has 0 radical (unpaired) electrons. The van der Waals surface area contributed by atoms with Crippen LogP contribution >= 0.6 is 11.6 Å². The number of nitrogens with one attached hydrogen (secondary N) is 1. The van der Waals surface area contributed by atoms with Crippen LogP contribution in [0, 0.1) is 0 Å². The number of halogens is 1. The number of ether oxygens (including phenoxy) is 3. The highest BCUT2D eigenvalue weighted by Gasteiger charge is 2.18. The summed E-state index contributed by atoms with van der Waals surface area (Å²) >= 11 is 6.28. The van der Waals surface area contributed by atoms with Gasteiger partial charge in [0, 0.05) is 32.7 Å². The van der Waals surface area contributed by atoms with Gasteiger partial charge < -0.3 is 25.3 Å².